The Morgan fingerprint density at radius 1 is 1.33 bits per heavy atom. The molecule has 2 saturated heterocycles. The van der Waals surface area contributed by atoms with Crippen LogP contribution in [0.5, 0.6) is 5.75 Å². The van der Waals surface area contributed by atoms with Gasteiger partial charge in [-0.3, -0.25) is 4.79 Å². The number of anilines is 1. The zero-order valence-electron chi connectivity index (χ0n) is 12.4. The van der Waals surface area contributed by atoms with Crippen molar-refractivity contribution < 1.29 is 14.3 Å². The summed E-state index contributed by atoms with van der Waals surface area (Å²) in [7, 11) is 1.64. The fourth-order valence-electron chi connectivity index (χ4n) is 3.37. The van der Waals surface area contributed by atoms with Gasteiger partial charge in [-0.05, 0) is 44.5 Å². The van der Waals surface area contributed by atoms with Crippen molar-refractivity contribution in [3.05, 3.63) is 24.3 Å². The molecule has 2 aliphatic rings. The second kappa shape index (κ2) is 6.03. The number of nitrogens with one attached hydrogen (secondary N) is 1. The number of hydrogen-bond donors (Lipinski definition) is 1. The molecule has 1 aromatic carbocycles. The Balaban J connectivity index is 1.98. The first kappa shape index (κ1) is 14.4. The first-order valence-electron chi connectivity index (χ1n) is 7.51. The molecule has 2 fully saturated rings. The third-order valence-corrected chi connectivity index (χ3v) is 4.39. The van der Waals surface area contributed by atoms with Crippen LogP contribution in [0.2, 0.25) is 0 Å². The first-order valence-corrected chi connectivity index (χ1v) is 7.51. The van der Waals surface area contributed by atoms with Gasteiger partial charge in [0.1, 0.15) is 12.4 Å². The molecule has 0 bridgehead atoms. The van der Waals surface area contributed by atoms with Gasteiger partial charge in [-0.15, -0.1) is 0 Å². The Kier molecular flexibility index (Phi) is 4.12. The van der Waals surface area contributed by atoms with Crippen molar-refractivity contribution in [1.82, 2.24) is 5.32 Å². The van der Waals surface area contributed by atoms with Crippen molar-refractivity contribution in [3.63, 3.8) is 0 Å². The maximum atomic E-state index is 12.5. The van der Waals surface area contributed by atoms with Crippen LogP contribution in [0.15, 0.2) is 24.3 Å². The zero-order valence-corrected chi connectivity index (χ0v) is 12.4. The molecule has 0 radical (unpaired) electrons. The van der Waals surface area contributed by atoms with Gasteiger partial charge in [0.25, 0.3) is 5.91 Å². The molecule has 2 aliphatic heterocycles. The summed E-state index contributed by atoms with van der Waals surface area (Å²) in [5, 5.41) is 3.41. The average molecular weight is 290 g/mol. The van der Waals surface area contributed by atoms with Gasteiger partial charge in [-0.1, -0.05) is 6.07 Å². The SMILES string of the molecule is COc1cccc(N2C(=O)COCC23CCCNCC3)c1. The maximum absolute atomic E-state index is 12.5. The Morgan fingerprint density at radius 3 is 3.10 bits per heavy atom. The van der Waals surface area contributed by atoms with Gasteiger partial charge in [0.05, 0.1) is 19.3 Å². The van der Waals surface area contributed by atoms with Gasteiger partial charge in [0.2, 0.25) is 0 Å². The van der Waals surface area contributed by atoms with Crippen LogP contribution >= 0.6 is 0 Å². The molecule has 1 unspecified atom stereocenters. The van der Waals surface area contributed by atoms with Crippen molar-refractivity contribution in [3.8, 4) is 5.75 Å². The van der Waals surface area contributed by atoms with E-state index < -0.39 is 0 Å². The highest BCUT2D eigenvalue weighted by Gasteiger charge is 2.44. The minimum absolute atomic E-state index is 0.0383. The predicted molar refractivity (Wildman–Crippen MR) is 80.8 cm³/mol. The van der Waals surface area contributed by atoms with E-state index in [4.69, 9.17) is 9.47 Å². The molecule has 1 amide bonds. The van der Waals surface area contributed by atoms with Crippen molar-refractivity contribution in [1.29, 1.82) is 0 Å². The quantitative estimate of drug-likeness (QED) is 0.898. The first-order chi connectivity index (χ1) is 10.2. The lowest BCUT2D eigenvalue weighted by Gasteiger charge is -2.46. The second-order valence-corrected chi connectivity index (χ2v) is 5.75. The van der Waals surface area contributed by atoms with E-state index >= 15 is 0 Å². The van der Waals surface area contributed by atoms with E-state index in [9.17, 15) is 4.79 Å². The normalized spacial score (nSPS) is 26.7. The van der Waals surface area contributed by atoms with Crippen molar-refractivity contribution in [2.24, 2.45) is 0 Å². The highest BCUT2D eigenvalue weighted by atomic mass is 16.5. The van der Waals surface area contributed by atoms with Crippen LogP contribution in [-0.2, 0) is 9.53 Å². The van der Waals surface area contributed by atoms with E-state index in [1.807, 2.05) is 29.2 Å². The molecular formula is C16H22N2O3. The number of amides is 1. The molecule has 3 rings (SSSR count). The maximum Gasteiger partial charge on any atom is 0.253 e. The number of carbonyl (C=O) groups is 1. The summed E-state index contributed by atoms with van der Waals surface area (Å²) in [6.07, 6.45) is 2.93. The predicted octanol–water partition coefficient (Wildman–Crippen LogP) is 1.57. The number of nitrogens with zero attached hydrogens (tertiary/aromatic N) is 1. The lowest BCUT2D eigenvalue weighted by atomic mass is 9.87. The molecule has 5 heteroatoms. The fraction of sp³-hybridized carbons (Fsp3) is 0.562. The summed E-state index contributed by atoms with van der Waals surface area (Å²) >= 11 is 0. The van der Waals surface area contributed by atoms with Crippen molar-refractivity contribution in [2.45, 2.75) is 24.8 Å². The largest absolute Gasteiger partial charge is 0.497 e. The third kappa shape index (κ3) is 2.76. The molecule has 114 valence electrons. The molecule has 21 heavy (non-hydrogen) atoms. The molecule has 1 N–H and O–H groups in total. The number of methoxy groups -OCH3 is 1. The number of morpholine rings is 1. The number of benzene rings is 1. The lowest BCUT2D eigenvalue weighted by Crippen LogP contribution is -2.60. The van der Waals surface area contributed by atoms with E-state index in [1.165, 1.54) is 0 Å². The molecule has 5 nitrogen and oxygen atoms in total. The van der Waals surface area contributed by atoms with Gasteiger partial charge in [-0.2, -0.15) is 0 Å². The van der Waals surface area contributed by atoms with E-state index in [0.717, 1.165) is 43.8 Å². The molecular weight excluding hydrogens is 268 g/mol. The van der Waals surface area contributed by atoms with Gasteiger partial charge in [0, 0.05) is 11.8 Å². The van der Waals surface area contributed by atoms with Crippen LogP contribution in [0, 0.1) is 0 Å². The van der Waals surface area contributed by atoms with Gasteiger partial charge >= 0.3 is 0 Å². The van der Waals surface area contributed by atoms with Crippen LogP contribution in [0.4, 0.5) is 5.69 Å². The molecule has 0 saturated carbocycles. The topological polar surface area (TPSA) is 50.8 Å². The molecule has 0 aliphatic carbocycles. The zero-order chi connectivity index (χ0) is 14.7. The van der Waals surface area contributed by atoms with Crippen LogP contribution in [0.3, 0.4) is 0 Å². The second-order valence-electron chi connectivity index (χ2n) is 5.75. The summed E-state index contributed by atoms with van der Waals surface area (Å²) in [4.78, 5) is 14.5. The summed E-state index contributed by atoms with van der Waals surface area (Å²) in [5.74, 6) is 0.810. The minimum Gasteiger partial charge on any atom is -0.497 e. The Hall–Kier alpha value is -1.59. The number of rotatable bonds is 2. The summed E-state index contributed by atoms with van der Waals surface area (Å²) in [5.41, 5.74) is 0.676. The molecule has 1 spiro atoms. The van der Waals surface area contributed by atoms with Crippen LogP contribution < -0.4 is 15.0 Å². The van der Waals surface area contributed by atoms with E-state index in [2.05, 4.69) is 5.32 Å². The summed E-state index contributed by atoms with van der Waals surface area (Å²) < 4.78 is 10.9. The Morgan fingerprint density at radius 2 is 2.24 bits per heavy atom. The summed E-state index contributed by atoms with van der Waals surface area (Å²) in [6.45, 7) is 2.68. The van der Waals surface area contributed by atoms with E-state index in [-0.39, 0.29) is 18.1 Å². The number of ether oxygens (including phenoxy) is 2. The molecule has 2 heterocycles. The van der Waals surface area contributed by atoms with Crippen molar-refractivity contribution >= 4 is 11.6 Å². The highest BCUT2D eigenvalue weighted by Crippen LogP contribution is 2.36. The van der Waals surface area contributed by atoms with E-state index in [0.29, 0.717) is 6.61 Å². The Labute approximate surface area is 125 Å². The van der Waals surface area contributed by atoms with Crippen molar-refractivity contribution in [2.75, 3.05) is 38.3 Å². The number of hydrogen-bond acceptors (Lipinski definition) is 4. The molecule has 1 aromatic rings. The minimum atomic E-state index is -0.231. The highest BCUT2D eigenvalue weighted by molar-refractivity contribution is 5.96. The van der Waals surface area contributed by atoms with Gasteiger partial charge in [-0.25, -0.2) is 0 Å². The monoisotopic (exact) mass is 290 g/mol. The number of carbonyl (C=O) groups excluding carboxylic acids is 1. The fourth-order valence-corrected chi connectivity index (χ4v) is 3.37. The van der Waals surface area contributed by atoms with Crippen LogP contribution in [0.25, 0.3) is 0 Å². The third-order valence-electron chi connectivity index (χ3n) is 4.39. The van der Waals surface area contributed by atoms with Gasteiger partial charge < -0.3 is 19.7 Å². The van der Waals surface area contributed by atoms with E-state index in [1.54, 1.807) is 7.11 Å². The van der Waals surface area contributed by atoms with Crippen LogP contribution in [-0.4, -0.2) is 44.9 Å². The molecule has 1 atom stereocenters. The standard InChI is InChI=1S/C16H22N2O3/c1-20-14-5-2-4-13(10-14)18-15(19)11-21-12-16(18)6-3-8-17-9-7-16/h2,4-5,10,17H,3,6-9,11-12H2,1H3. The Bertz CT molecular complexity index is 510. The smallest absolute Gasteiger partial charge is 0.253 e. The average Bonchev–Trinajstić information content (AvgIpc) is 2.73. The van der Waals surface area contributed by atoms with Crippen LogP contribution in [0.1, 0.15) is 19.3 Å². The molecule has 0 aromatic heterocycles. The lowest BCUT2D eigenvalue weighted by molar-refractivity contribution is -0.130. The summed E-state index contributed by atoms with van der Waals surface area (Å²) in [6, 6.07) is 7.74. The van der Waals surface area contributed by atoms with Gasteiger partial charge in [0.15, 0.2) is 0 Å².